The van der Waals surface area contributed by atoms with Gasteiger partial charge in [-0.1, -0.05) is 18.2 Å². The number of aromatic hydroxyl groups is 1. The SMILES string of the molecule is CC(NC(C)c1ccc(F)c(F)c1)c1ccc(O)cc1. The van der Waals surface area contributed by atoms with E-state index in [1.165, 1.54) is 6.07 Å². The van der Waals surface area contributed by atoms with Crippen molar-refractivity contribution < 1.29 is 13.9 Å². The van der Waals surface area contributed by atoms with Crippen molar-refractivity contribution >= 4 is 0 Å². The summed E-state index contributed by atoms with van der Waals surface area (Å²) in [5, 5.41) is 12.6. The lowest BCUT2D eigenvalue weighted by molar-refractivity contribution is 0.470. The van der Waals surface area contributed by atoms with E-state index < -0.39 is 11.6 Å². The Bertz CT molecular complexity index is 584. The van der Waals surface area contributed by atoms with E-state index >= 15 is 0 Å². The Labute approximate surface area is 117 Å². The van der Waals surface area contributed by atoms with Crippen molar-refractivity contribution in [3.8, 4) is 5.75 Å². The molecule has 2 nitrogen and oxygen atoms in total. The molecule has 2 N–H and O–H groups in total. The van der Waals surface area contributed by atoms with Gasteiger partial charge in [0.25, 0.3) is 0 Å². The molecule has 2 aromatic carbocycles. The summed E-state index contributed by atoms with van der Waals surface area (Å²) in [4.78, 5) is 0. The van der Waals surface area contributed by atoms with E-state index in [0.717, 1.165) is 11.6 Å². The third-order valence-electron chi connectivity index (χ3n) is 3.34. The van der Waals surface area contributed by atoms with Crippen LogP contribution in [-0.4, -0.2) is 5.11 Å². The monoisotopic (exact) mass is 277 g/mol. The first-order valence-corrected chi connectivity index (χ1v) is 6.47. The second-order valence-corrected chi connectivity index (χ2v) is 4.88. The van der Waals surface area contributed by atoms with Gasteiger partial charge in [0.1, 0.15) is 5.75 Å². The van der Waals surface area contributed by atoms with Crippen molar-refractivity contribution in [3.63, 3.8) is 0 Å². The van der Waals surface area contributed by atoms with Crippen LogP contribution in [-0.2, 0) is 0 Å². The van der Waals surface area contributed by atoms with Gasteiger partial charge in [-0.05, 0) is 49.2 Å². The maximum atomic E-state index is 13.2. The average Bonchev–Trinajstić information content (AvgIpc) is 2.42. The van der Waals surface area contributed by atoms with Crippen molar-refractivity contribution in [1.29, 1.82) is 0 Å². The molecule has 0 aliphatic rings. The summed E-state index contributed by atoms with van der Waals surface area (Å²) in [6, 6.07) is 10.7. The molecule has 2 unspecified atom stereocenters. The second-order valence-electron chi connectivity index (χ2n) is 4.88. The lowest BCUT2D eigenvalue weighted by Gasteiger charge is -2.21. The van der Waals surface area contributed by atoms with Gasteiger partial charge in [0.05, 0.1) is 0 Å². The first-order chi connectivity index (χ1) is 9.47. The Hall–Kier alpha value is -1.94. The Balaban J connectivity index is 2.08. The third kappa shape index (κ3) is 3.33. The Kier molecular flexibility index (Phi) is 4.35. The highest BCUT2D eigenvalue weighted by atomic mass is 19.2. The molecule has 0 fully saturated rings. The van der Waals surface area contributed by atoms with Gasteiger partial charge in [0.15, 0.2) is 11.6 Å². The van der Waals surface area contributed by atoms with Crippen LogP contribution in [0.3, 0.4) is 0 Å². The molecule has 2 atom stereocenters. The van der Waals surface area contributed by atoms with Crippen LogP contribution < -0.4 is 5.32 Å². The van der Waals surface area contributed by atoms with Gasteiger partial charge in [0.2, 0.25) is 0 Å². The molecule has 2 rings (SSSR count). The molecule has 106 valence electrons. The maximum Gasteiger partial charge on any atom is 0.159 e. The number of halogens is 2. The lowest BCUT2D eigenvalue weighted by Crippen LogP contribution is -2.22. The predicted molar refractivity (Wildman–Crippen MR) is 74.4 cm³/mol. The summed E-state index contributed by atoms with van der Waals surface area (Å²) < 4.78 is 26.1. The van der Waals surface area contributed by atoms with Crippen LogP contribution in [0.5, 0.6) is 5.75 Å². The van der Waals surface area contributed by atoms with Gasteiger partial charge in [-0.25, -0.2) is 8.78 Å². The van der Waals surface area contributed by atoms with Gasteiger partial charge in [-0.15, -0.1) is 0 Å². The molecular formula is C16H17F2NO. The van der Waals surface area contributed by atoms with E-state index in [-0.39, 0.29) is 17.8 Å². The molecule has 20 heavy (non-hydrogen) atoms. The average molecular weight is 277 g/mol. The van der Waals surface area contributed by atoms with E-state index in [4.69, 9.17) is 0 Å². The van der Waals surface area contributed by atoms with Crippen LogP contribution in [0.15, 0.2) is 42.5 Å². The highest BCUT2D eigenvalue weighted by Crippen LogP contribution is 2.22. The summed E-state index contributed by atoms with van der Waals surface area (Å²) in [6.07, 6.45) is 0. The zero-order valence-corrected chi connectivity index (χ0v) is 11.4. The van der Waals surface area contributed by atoms with Gasteiger partial charge in [0, 0.05) is 12.1 Å². The standard InChI is InChI=1S/C16H17F2NO/c1-10(12-3-6-14(20)7-4-12)19-11(2)13-5-8-15(17)16(18)9-13/h3-11,19-20H,1-2H3. The van der Waals surface area contributed by atoms with E-state index in [2.05, 4.69) is 5.32 Å². The molecule has 0 heterocycles. The van der Waals surface area contributed by atoms with Crippen LogP contribution in [0.4, 0.5) is 8.78 Å². The molecule has 2 aromatic rings. The molecule has 0 aliphatic carbocycles. The number of hydrogen-bond donors (Lipinski definition) is 2. The minimum atomic E-state index is -0.840. The largest absolute Gasteiger partial charge is 0.508 e. The Morgan fingerprint density at radius 1 is 0.850 bits per heavy atom. The van der Waals surface area contributed by atoms with E-state index in [0.29, 0.717) is 5.56 Å². The highest BCUT2D eigenvalue weighted by Gasteiger charge is 2.13. The van der Waals surface area contributed by atoms with Crippen molar-refractivity contribution in [2.45, 2.75) is 25.9 Å². The molecule has 4 heteroatoms. The molecule has 0 saturated heterocycles. The van der Waals surface area contributed by atoms with Crippen molar-refractivity contribution in [2.75, 3.05) is 0 Å². The van der Waals surface area contributed by atoms with Gasteiger partial charge < -0.3 is 10.4 Å². The van der Waals surface area contributed by atoms with E-state index in [1.807, 2.05) is 26.0 Å². The number of phenolic OH excluding ortho intramolecular Hbond substituents is 1. The molecular weight excluding hydrogens is 260 g/mol. The van der Waals surface area contributed by atoms with Crippen molar-refractivity contribution in [1.82, 2.24) is 5.32 Å². The fourth-order valence-electron chi connectivity index (χ4n) is 2.11. The minimum absolute atomic E-state index is 0.0266. The van der Waals surface area contributed by atoms with E-state index in [9.17, 15) is 13.9 Å². The summed E-state index contributed by atoms with van der Waals surface area (Å²) in [5.41, 5.74) is 1.70. The summed E-state index contributed by atoms with van der Waals surface area (Å²) >= 11 is 0. The number of benzene rings is 2. The lowest BCUT2D eigenvalue weighted by atomic mass is 10.0. The van der Waals surface area contributed by atoms with Crippen molar-refractivity contribution in [2.24, 2.45) is 0 Å². The predicted octanol–water partition coefficient (Wildman–Crippen LogP) is 4.08. The number of nitrogens with one attached hydrogen (secondary N) is 1. The van der Waals surface area contributed by atoms with Crippen LogP contribution >= 0.6 is 0 Å². The first kappa shape index (κ1) is 14.5. The maximum absolute atomic E-state index is 13.2. The fraction of sp³-hybridized carbons (Fsp3) is 0.250. The molecule has 0 saturated carbocycles. The minimum Gasteiger partial charge on any atom is -0.508 e. The second kappa shape index (κ2) is 6.01. The van der Waals surface area contributed by atoms with Crippen molar-refractivity contribution in [3.05, 3.63) is 65.2 Å². The molecule has 0 aromatic heterocycles. The van der Waals surface area contributed by atoms with Crippen LogP contribution in [0, 0.1) is 11.6 Å². The molecule has 0 radical (unpaired) electrons. The smallest absolute Gasteiger partial charge is 0.159 e. The zero-order valence-electron chi connectivity index (χ0n) is 11.4. The summed E-state index contributed by atoms with van der Waals surface area (Å²) in [6.45, 7) is 3.87. The van der Waals surface area contributed by atoms with Gasteiger partial charge >= 0.3 is 0 Å². The van der Waals surface area contributed by atoms with Crippen LogP contribution in [0.25, 0.3) is 0 Å². The zero-order chi connectivity index (χ0) is 14.7. The summed E-state index contributed by atoms with van der Waals surface area (Å²) in [5.74, 6) is -1.46. The van der Waals surface area contributed by atoms with Crippen LogP contribution in [0.1, 0.15) is 37.1 Å². The van der Waals surface area contributed by atoms with Gasteiger partial charge in [-0.3, -0.25) is 0 Å². The Morgan fingerprint density at radius 2 is 1.40 bits per heavy atom. The summed E-state index contributed by atoms with van der Waals surface area (Å²) in [7, 11) is 0. The molecule has 0 spiro atoms. The quantitative estimate of drug-likeness (QED) is 0.882. The number of phenols is 1. The topological polar surface area (TPSA) is 32.3 Å². The third-order valence-corrected chi connectivity index (χ3v) is 3.34. The Morgan fingerprint density at radius 3 is 2.00 bits per heavy atom. The molecule has 0 bridgehead atoms. The van der Waals surface area contributed by atoms with Crippen LogP contribution in [0.2, 0.25) is 0 Å². The molecule has 0 aliphatic heterocycles. The normalized spacial score (nSPS) is 14.0. The van der Waals surface area contributed by atoms with E-state index in [1.54, 1.807) is 18.2 Å². The number of hydrogen-bond acceptors (Lipinski definition) is 2. The highest BCUT2D eigenvalue weighted by molar-refractivity contribution is 5.28. The van der Waals surface area contributed by atoms with Gasteiger partial charge in [-0.2, -0.15) is 0 Å². The first-order valence-electron chi connectivity index (χ1n) is 6.47. The fourth-order valence-corrected chi connectivity index (χ4v) is 2.11. The molecule has 0 amide bonds. The number of rotatable bonds is 4.